The molecule has 0 aromatic carbocycles. The van der Waals surface area contributed by atoms with Crippen molar-refractivity contribution in [3.8, 4) is 0 Å². The summed E-state index contributed by atoms with van der Waals surface area (Å²) in [6, 6.07) is 0. The number of ether oxygens (including phenoxy) is 1. The Labute approximate surface area is 49.0 Å². The third-order valence-corrected chi connectivity index (χ3v) is 2.96. The van der Waals surface area contributed by atoms with Gasteiger partial charge in [-0.05, 0) is 31.1 Å². The highest BCUT2D eigenvalue weighted by atomic mass is 16.5. The maximum Gasteiger partial charge on any atom is 0.0643 e. The monoisotopic (exact) mass is 110 g/mol. The molecule has 4 aliphatic rings. The predicted molar refractivity (Wildman–Crippen MR) is 29.5 cm³/mol. The van der Waals surface area contributed by atoms with Crippen molar-refractivity contribution < 1.29 is 4.74 Å². The van der Waals surface area contributed by atoms with Crippen molar-refractivity contribution >= 4 is 0 Å². The SMILES string of the molecule is C1CC2C3CC1OC23. The van der Waals surface area contributed by atoms with Crippen LogP contribution in [0.4, 0.5) is 0 Å². The van der Waals surface area contributed by atoms with E-state index in [1.165, 1.54) is 19.3 Å². The first-order valence-electron chi connectivity index (χ1n) is 3.60. The molecule has 2 heterocycles. The van der Waals surface area contributed by atoms with Crippen LogP contribution in [-0.2, 0) is 4.74 Å². The number of rotatable bonds is 0. The lowest BCUT2D eigenvalue weighted by molar-refractivity contribution is 0.0210. The Hall–Kier alpha value is -0.0400. The summed E-state index contributed by atoms with van der Waals surface area (Å²) in [6.07, 6.45) is 5.66. The van der Waals surface area contributed by atoms with E-state index in [1.807, 2.05) is 0 Å². The van der Waals surface area contributed by atoms with E-state index >= 15 is 0 Å². The summed E-state index contributed by atoms with van der Waals surface area (Å²) in [5.74, 6) is 2.04. The van der Waals surface area contributed by atoms with Gasteiger partial charge in [-0.25, -0.2) is 0 Å². The van der Waals surface area contributed by atoms with Gasteiger partial charge in [-0.15, -0.1) is 0 Å². The second-order valence-electron chi connectivity index (χ2n) is 3.36. The molecule has 0 radical (unpaired) electrons. The molecule has 4 unspecified atom stereocenters. The van der Waals surface area contributed by atoms with Gasteiger partial charge in [-0.2, -0.15) is 0 Å². The first-order valence-corrected chi connectivity index (χ1v) is 3.60. The normalized spacial score (nSPS) is 66.0. The summed E-state index contributed by atoms with van der Waals surface area (Å²) in [5, 5.41) is 0. The lowest BCUT2D eigenvalue weighted by Gasteiger charge is -2.20. The van der Waals surface area contributed by atoms with Gasteiger partial charge in [0, 0.05) is 0 Å². The first-order chi connectivity index (χ1) is 3.95. The summed E-state index contributed by atoms with van der Waals surface area (Å²) < 4.78 is 5.63. The van der Waals surface area contributed by atoms with Crippen molar-refractivity contribution in [2.45, 2.75) is 31.5 Å². The van der Waals surface area contributed by atoms with Crippen molar-refractivity contribution in [1.29, 1.82) is 0 Å². The van der Waals surface area contributed by atoms with Gasteiger partial charge >= 0.3 is 0 Å². The lowest BCUT2D eigenvalue weighted by atomic mass is 9.98. The van der Waals surface area contributed by atoms with Crippen LogP contribution < -0.4 is 0 Å². The molecule has 4 fully saturated rings. The summed E-state index contributed by atoms with van der Waals surface area (Å²) in [7, 11) is 0. The van der Waals surface area contributed by atoms with Gasteiger partial charge in [0.25, 0.3) is 0 Å². The minimum absolute atomic E-state index is 0.690. The molecule has 44 valence electrons. The molecule has 2 aliphatic carbocycles. The Morgan fingerprint density at radius 2 is 2.12 bits per heavy atom. The molecule has 0 aromatic rings. The van der Waals surface area contributed by atoms with Crippen LogP contribution in [0.2, 0.25) is 0 Å². The quantitative estimate of drug-likeness (QED) is 0.455. The number of hydrogen-bond acceptors (Lipinski definition) is 1. The Morgan fingerprint density at radius 1 is 1.12 bits per heavy atom. The summed E-state index contributed by atoms with van der Waals surface area (Å²) in [5.41, 5.74) is 0. The molecule has 0 spiro atoms. The molecule has 4 bridgehead atoms. The van der Waals surface area contributed by atoms with Crippen molar-refractivity contribution in [2.24, 2.45) is 11.8 Å². The fourth-order valence-corrected chi connectivity index (χ4v) is 2.44. The van der Waals surface area contributed by atoms with Gasteiger partial charge in [0.1, 0.15) is 0 Å². The lowest BCUT2D eigenvalue weighted by Crippen LogP contribution is -2.18. The van der Waals surface area contributed by atoms with Crippen molar-refractivity contribution in [3.63, 3.8) is 0 Å². The fraction of sp³-hybridized carbons (Fsp3) is 1.00. The minimum atomic E-state index is 0.690. The van der Waals surface area contributed by atoms with Gasteiger partial charge in [-0.1, -0.05) is 0 Å². The molecular weight excluding hydrogens is 100 g/mol. The predicted octanol–water partition coefficient (Wildman–Crippen LogP) is 1.18. The first kappa shape index (κ1) is 3.89. The molecule has 2 aliphatic heterocycles. The Balaban J connectivity index is 1.99. The van der Waals surface area contributed by atoms with Crippen LogP contribution in [0.3, 0.4) is 0 Å². The van der Waals surface area contributed by atoms with E-state index < -0.39 is 0 Å². The number of fused-ring (bicyclic) bond motifs is 1. The highest BCUT2D eigenvalue weighted by Gasteiger charge is 2.60. The van der Waals surface area contributed by atoms with E-state index in [0.717, 1.165) is 17.9 Å². The molecule has 2 saturated heterocycles. The second kappa shape index (κ2) is 0.971. The van der Waals surface area contributed by atoms with Crippen LogP contribution in [0.15, 0.2) is 0 Å². The van der Waals surface area contributed by atoms with E-state index in [2.05, 4.69) is 0 Å². The van der Waals surface area contributed by atoms with E-state index in [-0.39, 0.29) is 0 Å². The Kier molecular flexibility index (Phi) is 0.472. The molecule has 0 amide bonds. The van der Waals surface area contributed by atoms with Crippen LogP contribution in [0.25, 0.3) is 0 Å². The Morgan fingerprint density at radius 3 is 2.38 bits per heavy atom. The van der Waals surface area contributed by atoms with E-state index in [0.29, 0.717) is 6.10 Å². The van der Waals surface area contributed by atoms with Crippen LogP contribution in [0.5, 0.6) is 0 Å². The van der Waals surface area contributed by atoms with Gasteiger partial charge in [-0.3, -0.25) is 0 Å². The van der Waals surface area contributed by atoms with E-state index in [1.54, 1.807) is 0 Å². The highest BCUT2D eigenvalue weighted by Crippen LogP contribution is 2.58. The van der Waals surface area contributed by atoms with Crippen molar-refractivity contribution in [2.75, 3.05) is 0 Å². The van der Waals surface area contributed by atoms with Gasteiger partial charge in [0.2, 0.25) is 0 Å². The van der Waals surface area contributed by atoms with Crippen LogP contribution in [0, 0.1) is 11.8 Å². The molecular formula is C7H10O. The molecule has 8 heavy (non-hydrogen) atoms. The summed E-state index contributed by atoms with van der Waals surface area (Å²) >= 11 is 0. The third kappa shape index (κ3) is 0.278. The maximum absolute atomic E-state index is 5.63. The molecule has 2 saturated carbocycles. The minimum Gasteiger partial charge on any atom is -0.374 e. The average molecular weight is 110 g/mol. The van der Waals surface area contributed by atoms with Crippen LogP contribution in [0.1, 0.15) is 19.3 Å². The van der Waals surface area contributed by atoms with Crippen molar-refractivity contribution in [3.05, 3.63) is 0 Å². The van der Waals surface area contributed by atoms with Gasteiger partial charge in [0.05, 0.1) is 12.2 Å². The summed E-state index contributed by atoms with van der Waals surface area (Å²) in [4.78, 5) is 0. The number of hydrogen-bond donors (Lipinski definition) is 0. The zero-order chi connectivity index (χ0) is 5.14. The zero-order valence-corrected chi connectivity index (χ0v) is 4.84. The molecule has 0 aromatic heterocycles. The zero-order valence-electron chi connectivity index (χ0n) is 4.84. The molecule has 0 N–H and O–H groups in total. The average Bonchev–Trinajstić information content (AvgIpc) is 2.38. The standard InChI is InChI=1S/C7H10O/c1-2-5-6-3-4(1)8-7(5)6/h4-7H,1-3H2. The Bertz CT molecular complexity index is 112. The van der Waals surface area contributed by atoms with E-state index in [4.69, 9.17) is 4.74 Å². The molecule has 1 nitrogen and oxygen atoms in total. The van der Waals surface area contributed by atoms with Gasteiger partial charge in [0.15, 0.2) is 0 Å². The smallest absolute Gasteiger partial charge is 0.0643 e. The van der Waals surface area contributed by atoms with Crippen molar-refractivity contribution in [1.82, 2.24) is 0 Å². The fourth-order valence-electron chi connectivity index (χ4n) is 2.44. The van der Waals surface area contributed by atoms with Crippen LogP contribution >= 0.6 is 0 Å². The van der Waals surface area contributed by atoms with Gasteiger partial charge < -0.3 is 4.74 Å². The largest absolute Gasteiger partial charge is 0.374 e. The molecule has 1 heteroatoms. The molecule has 4 rings (SSSR count). The van der Waals surface area contributed by atoms with E-state index in [9.17, 15) is 0 Å². The van der Waals surface area contributed by atoms with Crippen LogP contribution in [-0.4, -0.2) is 12.2 Å². The highest BCUT2D eigenvalue weighted by molar-refractivity contribution is 5.08. The topological polar surface area (TPSA) is 9.23 Å². The molecule has 4 atom stereocenters. The maximum atomic E-state index is 5.63. The summed E-state index contributed by atoms with van der Waals surface area (Å²) in [6.45, 7) is 0. The third-order valence-electron chi connectivity index (χ3n) is 2.96. The second-order valence-corrected chi connectivity index (χ2v) is 3.36.